The highest BCUT2D eigenvalue weighted by Gasteiger charge is 2.21. The van der Waals surface area contributed by atoms with Crippen LogP contribution >= 0.6 is 0 Å². The largest absolute Gasteiger partial charge is 0.389 e. The minimum absolute atomic E-state index is 0.130. The summed E-state index contributed by atoms with van der Waals surface area (Å²) in [5.74, 6) is 0.130. The number of hydrogen-bond donors (Lipinski definition) is 1. The molecule has 0 saturated carbocycles. The van der Waals surface area contributed by atoms with Gasteiger partial charge in [0.25, 0.3) is 0 Å². The van der Waals surface area contributed by atoms with Crippen LogP contribution in [0.15, 0.2) is 0 Å². The van der Waals surface area contributed by atoms with E-state index >= 15 is 0 Å². The van der Waals surface area contributed by atoms with E-state index in [1.807, 2.05) is 0 Å². The fraction of sp³-hybridized carbons (Fsp3) is 0.917. The van der Waals surface area contributed by atoms with E-state index in [2.05, 4.69) is 4.90 Å². The molecule has 0 aromatic heterocycles. The van der Waals surface area contributed by atoms with Crippen LogP contribution in [0.2, 0.25) is 0 Å². The first-order valence-corrected chi connectivity index (χ1v) is 6.18. The molecule has 0 radical (unpaired) electrons. The number of rotatable bonds is 8. The zero-order valence-corrected chi connectivity index (χ0v) is 10.5. The standard InChI is InChI=1S/C12H23NO4/c1-16-5-6-17-10-12(15)8-13-4-2-3-11(7-13)9-14/h9,11-12,15H,2-8,10H2,1H3. The van der Waals surface area contributed by atoms with E-state index in [1.165, 1.54) is 0 Å². The number of aldehydes is 1. The molecule has 100 valence electrons. The lowest BCUT2D eigenvalue weighted by Crippen LogP contribution is -2.41. The molecule has 1 rings (SSSR count). The SMILES string of the molecule is COCCOCC(O)CN1CCCC(C=O)C1. The Morgan fingerprint density at radius 2 is 2.35 bits per heavy atom. The molecular formula is C12H23NO4. The van der Waals surface area contributed by atoms with Crippen molar-refractivity contribution < 1.29 is 19.4 Å². The summed E-state index contributed by atoms with van der Waals surface area (Å²) >= 11 is 0. The van der Waals surface area contributed by atoms with Crippen molar-refractivity contribution in [3.8, 4) is 0 Å². The quantitative estimate of drug-likeness (QED) is 0.479. The smallest absolute Gasteiger partial charge is 0.124 e. The normalized spacial score (nSPS) is 23.5. The van der Waals surface area contributed by atoms with E-state index < -0.39 is 6.10 Å². The minimum atomic E-state index is -0.489. The molecule has 0 aliphatic carbocycles. The summed E-state index contributed by atoms with van der Waals surface area (Å²) in [6.07, 6.45) is 2.53. The predicted molar refractivity (Wildman–Crippen MR) is 63.9 cm³/mol. The molecular weight excluding hydrogens is 222 g/mol. The molecule has 5 nitrogen and oxygen atoms in total. The Morgan fingerprint density at radius 1 is 1.53 bits per heavy atom. The van der Waals surface area contributed by atoms with Gasteiger partial charge in [-0.05, 0) is 19.4 Å². The number of hydrogen-bond acceptors (Lipinski definition) is 5. The van der Waals surface area contributed by atoms with Crippen molar-refractivity contribution in [3.63, 3.8) is 0 Å². The van der Waals surface area contributed by atoms with Crippen LogP contribution in [0.5, 0.6) is 0 Å². The second kappa shape index (κ2) is 8.58. The molecule has 0 spiro atoms. The maximum Gasteiger partial charge on any atom is 0.124 e. The first-order chi connectivity index (χ1) is 8.26. The molecule has 0 aromatic rings. The van der Waals surface area contributed by atoms with Gasteiger partial charge in [-0.25, -0.2) is 0 Å². The molecule has 1 aliphatic heterocycles. The number of ether oxygens (including phenoxy) is 2. The van der Waals surface area contributed by atoms with Gasteiger partial charge in [0.15, 0.2) is 0 Å². The average Bonchev–Trinajstić information content (AvgIpc) is 2.35. The summed E-state index contributed by atoms with van der Waals surface area (Å²) in [5.41, 5.74) is 0. The number of nitrogens with zero attached hydrogens (tertiary/aromatic N) is 1. The molecule has 1 aliphatic rings. The van der Waals surface area contributed by atoms with E-state index in [-0.39, 0.29) is 5.92 Å². The van der Waals surface area contributed by atoms with Crippen molar-refractivity contribution in [2.45, 2.75) is 18.9 Å². The number of likely N-dealkylation sites (tertiary alicyclic amines) is 1. The number of piperidine rings is 1. The summed E-state index contributed by atoms with van der Waals surface area (Å²) in [6.45, 7) is 3.68. The second-order valence-electron chi connectivity index (χ2n) is 4.52. The van der Waals surface area contributed by atoms with Gasteiger partial charge in [-0.15, -0.1) is 0 Å². The van der Waals surface area contributed by atoms with Crippen molar-refractivity contribution in [2.24, 2.45) is 5.92 Å². The van der Waals surface area contributed by atoms with E-state index in [1.54, 1.807) is 7.11 Å². The molecule has 1 heterocycles. The zero-order chi connectivity index (χ0) is 12.5. The second-order valence-corrected chi connectivity index (χ2v) is 4.52. The van der Waals surface area contributed by atoms with Crippen LogP contribution in [0.1, 0.15) is 12.8 Å². The highest BCUT2D eigenvalue weighted by molar-refractivity contribution is 5.53. The molecule has 2 unspecified atom stereocenters. The summed E-state index contributed by atoms with van der Waals surface area (Å²) in [5, 5.41) is 9.76. The minimum Gasteiger partial charge on any atom is -0.389 e. The third kappa shape index (κ3) is 6.12. The van der Waals surface area contributed by atoms with Crippen LogP contribution in [-0.2, 0) is 14.3 Å². The molecule has 1 N–H and O–H groups in total. The maximum absolute atomic E-state index is 10.7. The number of methoxy groups -OCH3 is 1. The summed E-state index contributed by atoms with van der Waals surface area (Å²) in [6, 6.07) is 0. The third-order valence-corrected chi connectivity index (χ3v) is 2.95. The molecule has 5 heteroatoms. The molecule has 2 atom stereocenters. The molecule has 1 saturated heterocycles. The first-order valence-electron chi connectivity index (χ1n) is 6.18. The van der Waals surface area contributed by atoms with Crippen LogP contribution in [0.4, 0.5) is 0 Å². The number of aliphatic hydroxyl groups excluding tert-OH is 1. The van der Waals surface area contributed by atoms with Crippen molar-refractivity contribution in [1.29, 1.82) is 0 Å². The Morgan fingerprint density at radius 3 is 3.06 bits per heavy atom. The number of carbonyl (C=O) groups excluding carboxylic acids is 1. The van der Waals surface area contributed by atoms with Gasteiger partial charge in [0.05, 0.1) is 25.9 Å². The summed E-state index contributed by atoms with van der Waals surface area (Å²) < 4.78 is 10.1. The average molecular weight is 245 g/mol. The van der Waals surface area contributed by atoms with Crippen LogP contribution in [0, 0.1) is 5.92 Å². The highest BCUT2D eigenvalue weighted by Crippen LogP contribution is 2.14. The summed E-state index contributed by atoms with van der Waals surface area (Å²) in [4.78, 5) is 12.8. The Hall–Kier alpha value is -0.490. The van der Waals surface area contributed by atoms with Crippen molar-refractivity contribution >= 4 is 6.29 Å². The van der Waals surface area contributed by atoms with Gasteiger partial charge < -0.3 is 19.4 Å². The lowest BCUT2D eigenvalue weighted by molar-refractivity contribution is -0.112. The van der Waals surface area contributed by atoms with Crippen LogP contribution in [0.25, 0.3) is 0 Å². The Bertz CT molecular complexity index is 213. The van der Waals surface area contributed by atoms with Gasteiger partial charge in [-0.1, -0.05) is 0 Å². The molecule has 1 fully saturated rings. The van der Waals surface area contributed by atoms with Gasteiger partial charge in [0, 0.05) is 26.1 Å². The molecule has 0 bridgehead atoms. The molecule has 0 amide bonds. The number of carbonyl (C=O) groups is 1. The van der Waals surface area contributed by atoms with Gasteiger partial charge in [0.2, 0.25) is 0 Å². The van der Waals surface area contributed by atoms with Crippen LogP contribution in [-0.4, -0.2) is 69.0 Å². The topological polar surface area (TPSA) is 59.0 Å². The van der Waals surface area contributed by atoms with Crippen molar-refractivity contribution in [3.05, 3.63) is 0 Å². The monoisotopic (exact) mass is 245 g/mol. The Labute approximate surface area is 103 Å². The van der Waals surface area contributed by atoms with Crippen LogP contribution in [0.3, 0.4) is 0 Å². The van der Waals surface area contributed by atoms with Gasteiger partial charge in [0.1, 0.15) is 6.29 Å². The Balaban J connectivity index is 2.12. The number of aliphatic hydroxyl groups is 1. The van der Waals surface area contributed by atoms with Crippen molar-refractivity contribution in [1.82, 2.24) is 4.90 Å². The predicted octanol–water partition coefficient (Wildman–Crippen LogP) is -0.0788. The van der Waals surface area contributed by atoms with E-state index in [0.717, 1.165) is 32.2 Å². The van der Waals surface area contributed by atoms with Gasteiger partial charge in [-0.2, -0.15) is 0 Å². The lowest BCUT2D eigenvalue weighted by atomic mass is 9.99. The van der Waals surface area contributed by atoms with Gasteiger partial charge >= 0.3 is 0 Å². The Kier molecular flexibility index (Phi) is 7.35. The van der Waals surface area contributed by atoms with Crippen molar-refractivity contribution in [2.75, 3.05) is 46.6 Å². The third-order valence-electron chi connectivity index (χ3n) is 2.95. The fourth-order valence-electron chi connectivity index (χ4n) is 2.08. The first kappa shape index (κ1) is 14.6. The summed E-state index contributed by atoms with van der Waals surface area (Å²) in [7, 11) is 1.62. The molecule has 17 heavy (non-hydrogen) atoms. The number of β-amino-alcohol motifs (C(OH)–C–C–N with tert-alkyl or cyclic N) is 1. The van der Waals surface area contributed by atoms with Crippen LogP contribution < -0.4 is 0 Å². The molecule has 0 aromatic carbocycles. The lowest BCUT2D eigenvalue weighted by Gasteiger charge is -2.31. The highest BCUT2D eigenvalue weighted by atomic mass is 16.5. The maximum atomic E-state index is 10.7. The van der Waals surface area contributed by atoms with E-state index in [0.29, 0.717) is 26.4 Å². The van der Waals surface area contributed by atoms with E-state index in [9.17, 15) is 9.90 Å². The zero-order valence-electron chi connectivity index (χ0n) is 10.5. The van der Waals surface area contributed by atoms with Gasteiger partial charge in [-0.3, -0.25) is 4.90 Å². The fourth-order valence-corrected chi connectivity index (χ4v) is 2.08. The van der Waals surface area contributed by atoms with E-state index in [4.69, 9.17) is 9.47 Å².